The van der Waals surface area contributed by atoms with Crippen LogP contribution in [0.3, 0.4) is 0 Å². The van der Waals surface area contributed by atoms with Crippen LogP contribution < -0.4 is 5.14 Å². The van der Waals surface area contributed by atoms with Crippen molar-refractivity contribution in [2.24, 2.45) is 5.14 Å². The lowest BCUT2D eigenvalue weighted by molar-refractivity contribution is 0.581. The average molecular weight is 113 g/mol. The molecule has 0 heterocycles. The Hall–Kier alpha value is 0.420. The highest BCUT2D eigenvalue weighted by molar-refractivity contribution is 8.66. The molecule has 0 saturated carbocycles. The summed E-state index contributed by atoms with van der Waals surface area (Å²) in [6, 6.07) is 0. The molecule has 1 atom stereocenters. The molecule has 0 radical (unpaired) electrons. The third-order valence-corrected chi connectivity index (χ3v) is 0.741. The highest BCUT2D eigenvalue weighted by Crippen LogP contribution is 1.86. The van der Waals surface area contributed by atoms with Gasteiger partial charge in [-0.2, -0.15) is 0 Å². The second kappa shape index (κ2) is 2.65. The number of nitrogens with two attached hydrogens (primary N) is 1. The van der Waals surface area contributed by atoms with E-state index in [2.05, 4.69) is 5.14 Å². The highest BCUT2D eigenvalue weighted by Gasteiger charge is 1.78. The van der Waals surface area contributed by atoms with Gasteiger partial charge in [0.2, 0.25) is 10.1 Å². The van der Waals surface area contributed by atoms with Crippen molar-refractivity contribution in [1.82, 2.24) is 0 Å². The Bertz CT molecular complexity index is 42.9. The summed E-state index contributed by atoms with van der Waals surface area (Å²) in [5.41, 5.74) is 0. The van der Waals surface area contributed by atoms with Gasteiger partial charge in [0.1, 0.15) is 0 Å². The van der Waals surface area contributed by atoms with Crippen molar-refractivity contribution in [3.8, 4) is 0 Å². The van der Waals surface area contributed by atoms with Crippen LogP contribution >= 0.6 is 11.0 Å². The zero-order valence-electron chi connectivity index (χ0n) is 2.25. The summed E-state index contributed by atoms with van der Waals surface area (Å²) in [7, 11) is -1.47. The Balaban J connectivity index is 2.85. The second-order valence-corrected chi connectivity index (χ2v) is 2.37. The molecule has 0 aromatic carbocycles. The molecule has 0 spiro atoms. The Kier molecular flexibility index (Phi) is 2.87. The fourth-order valence-electron chi connectivity index (χ4n) is 0. The van der Waals surface area contributed by atoms with Gasteiger partial charge in [-0.05, 0) is 0 Å². The molecule has 0 amide bonds. The molecule has 3 nitrogen and oxygen atoms in total. The van der Waals surface area contributed by atoms with Gasteiger partial charge in [0, 0.05) is 11.0 Å². The van der Waals surface area contributed by atoms with Gasteiger partial charge < -0.3 is 0 Å². The predicted octanol–water partition coefficient (Wildman–Crippen LogP) is -0.270. The fourth-order valence-corrected chi connectivity index (χ4v) is 0. The largest absolute Gasteiger partial charge is 0.297 e. The Morgan fingerprint density at radius 3 is 2.20 bits per heavy atom. The lowest BCUT2D eigenvalue weighted by atomic mass is 14.0. The average Bonchev–Trinajstić information content (AvgIpc) is 1.38. The van der Waals surface area contributed by atoms with Gasteiger partial charge in [-0.1, -0.05) is 0 Å². The van der Waals surface area contributed by atoms with E-state index in [4.69, 9.17) is 4.55 Å². The van der Waals surface area contributed by atoms with Crippen LogP contribution in [0.1, 0.15) is 0 Å². The van der Waals surface area contributed by atoms with Crippen LogP contribution in [-0.4, -0.2) is 8.76 Å². The number of hydrogen-bond donors (Lipinski definition) is 2. The minimum Gasteiger partial charge on any atom is -0.297 e. The van der Waals surface area contributed by atoms with E-state index in [1.54, 1.807) is 0 Å². The third-order valence-electron chi connectivity index (χ3n) is 0.0823. The Labute approximate surface area is 35.8 Å². The number of hydrogen-bond acceptors (Lipinski definition) is 3. The summed E-state index contributed by atoms with van der Waals surface area (Å²) in [6.07, 6.45) is 0. The van der Waals surface area contributed by atoms with Crippen molar-refractivity contribution >= 4 is 21.1 Å². The maximum atomic E-state index is 9.32. The van der Waals surface area contributed by atoms with E-state index in [1.807, 2.05) is 0 Å². The second-order valence-electron chi connectivity index (χ2n) is 0.313. The van der Waals surface area contributed by atoms with Crippen LogP contribution in [0.2, 0.25) is 0 Å². The van der Waals surface area contributed by atoms with Crippen LogP contribution in [-0.2, 0) is 10.1 Å². The summed E-state index contributed by atoms with van der Waals surface area (Å²) in [5, 5.41) is 4.54. The summed E-state index contributed by atoms with van der Waals surface area (Å²) in [5.74, 6) is 0. The first-order chi connectivity index (χ1) is 2.27. The summed E-state index contributed by atoms with van der Waals surface area (Å²) >= 11 is 0. The van der Waals surface area contributed by atoms with Crippen LogP contribution in [0.15, 0.2) is 0 Å². The maximum absolute atomic E-state index is 9.32. The first-order valence-corrected chi connectivity index (χ1v) is 3.25. The summed E-state index contributed by atoms with van der Waals surface area (Å²) < 4.78 is 17.0. The molecular weight excluding hydrogens is 110 g/mol. The topological polar surface area (TPSA) is 63.3 Å². The van der Waals surface area contributed by atoms with E-state index in [0.29, 0.717) is 11.0 Å². The molecule has 0 rings (SSSR count). The fraction of sp³-hybridized carbons (Fsp3) is 0. The number of rotatable bonds is 1. The minimum atomic E-state index is -1.88. The van der Waals surface area contributed by atoms with Gasteiger partial charge >= 0.3 is 0 Å². The lowest BCUT2D eigenvalue weighted by Crippen LogP contribution is -1.82. The van der Waals surface area contributed by atoms with Crippen LogP contribution in [0.4, 0.5) is 0 Å². The van der Waals surface area contributed by atoms with Gasteiger partial charge in [0.25, 0.3) is 0 Å². The first-order valence-electron chi connectivity index (χ1n) is 0.752. The standard InChI is InChI=1S/H3NO2S2/c1-4-5(2)3/h1H2,(H,2,3). The van der Waals surface area contributed by atoms with Gasteiger partial charge in [0.05, 0.1) is 0 Å². The van der Waals surface area contributed by atoms with Crippen LogP contribution in [0, 0.1) is 0 Å². The van der Waals surface area contributed by atoms with Gasteiger partial charge in [-0.25, -0.2) is 4.21 Å². The molecule has 0 aliphatic rings. The van der Waals surface area contributed by atoms with Crippen LogP contribution in [0.5, 0.6) is 0 Å². The van der Waals surface area contributed by atoms with Crippen molar-refractivity contribution in [2.75, 3.05) is 0 Å². The van der Waals surface area contributed by atoms with E-state index in [0.717, 1.165) is 0 Å². The molecule has 0 saturated heterocycles. The predicted molar refractivity (Wildman–Crippen MR) is 22.5 cm³/mol. The molecule has 0 fully saturated rings. The molecule has 0 aromatic rings. The third kappa shape index (κ3) is 4.42. The van der Waals surface area contributed by atoms with Crippen molar-refractivity contribution in [2.45, 2.75) is 0 Å². The van der Waals surface area contributed by atoms with Crippen molar-refractivity contribution in [1.29, 1.82) is 0 Å². The smallest absolute Gasteiger partial charge is 0.231 e. The Morgan fingerprint density at radius 2 is 2.20 bits per heavy atom. The molecule has 0 aliphatic heterocycles. The molecule has 32 valence electrons. The SMILES string of the molecule is NSS(=O)O. The maximum Gasteiger partial charge on any atom is 0.231 e. The van der Waals surface area contributed by atoms with Crippen LogP contribution in [0.25, 0.3) is 0 Å². The quantitative estimate of drug-likeness (QED) is 0.279. The molecular formula is H3NO2S2. The normalized spacial score (nSPS) is 14.8. The zero-order chi connectivity index (χ0) is 4.28. The summed E-state index contributed by atoms with van der Waals surface area (Å²) in [4.78, 5) is 0. The van der Waals surface area contributed by atoms with E-state index in [-0.39, 0.29) is 0 Å². The Morgan fingerprint density at radius 1 is 2.00 bits per heavy atom. The molecule has 5 heteroatoms. The molecule has 0 aliphatic carbocycles. The van der Waals surface area contributed by atoms with E-state index < -0.39 is 10.1 Å². The van der Waals surface area contributed by atoms with Crippen molar-refractivity contribution < 1.29 is 8.76 Å². The van der Waals surface area contributed by atoms with Crippen molar-refractivity contribution in [3.05, 3.63) is 0 Å². The van der Waals surface area contributed by atoms with Gasteiger partial charge in [-0.3, -0.25) is 9.69 Å². The molecule has 0 aromatic heterocycles. The molecule has 5 heavy (non-hydrogen) atoms. The molecule has 1 unspecified atom stereocenters. The van der Waals surface area contributed by atoms with Crippen molar-refractivity contribution in [3.63, 3.8) is 0 Å². The van der Waals surface area contributed by atoms with E-state index >= 15 is 0 Å². The van der Waals surface area contributed by atoms with Gasteiger partial charge in [0.15, 0.2) is 0 Å². The zero-order valence-corrected chi connectivity index (χ0v) is 3.88. The molecule has 3 N–H and O–H groups in total. The van der Waals surface area contributed by atoms with E-state index in [9.17, 15) is 4.21 Å². The minimum absolute atomic E-state index is 0.407. The summed E-state index contributed by atoms with van der Waals surface area (Å²) in [6.45, 7) is 0. The van der Waals surface area contributed by atoms with E-state index in [1.165, 1.54) is 0 Å². The monoisotopic (exact) mass is 113 g/mol. The highest BCUT2D eigenvalue weighted by atomic mass is 33.1. The lowest BCUT2D eigenvalue weighted by Gasteiger charge is -1.72. The molecule has 0 bridgehead atoms. The first kappa shape index (κ1) is 5.42. The van der Waals surface area contributed by atoms with Gasteiger partial charge in [-0.15, -0.1) is 0 Å².